The fourth-order valence-electron chi connectivity index (χ4n) is 4.18. The molecule has 1 aromatic carbocycles. The minimum atomic E-state index is -0.0855. The van der Waals surface area contributed by atoms with Crippen molar-refractivity contribution in [3.05, 3.63) is 68.9 Å². The van der Waals surface area contributed by atoms with E-state index in [0.717, 1.165) is 40.3 Å². The number of hydrogen-bond donors (Lipinski definition) is 2. The van der Waals surface area contributed by atoms with Crippen molar-refractivity contribution < 1.29 is 4.79 Å². The molecule has 29 heavy (non-hydrogen) atoms. The molecule has 0 spiro atoms. The van der Waals surface area contributed by atoms with Crippen molar-refractivity contribution in [2.45, 2.75) is 46.1 Å². The van der Waals surface area contributed by atoms with E-state index in [2.05, 4.69) is 15.5 Å². The third-order valence-electron chi connectivity index (χ3n) is 6.04. The molecular weight excluding hydrogens is 366 g/mol. The Hall–Kier alpha value is -3.09. The van der Waals surface area contributed by atoms with Crippen molar-refractivity contribution in [1.29, 1.82) is 0 Å². The third kappa shape index (κ3) is 3.64. The molecule has 1 aliphatic carbocycles. The summed E-state index contributed by atoms with van der Waals surface area (Å²) in [4.78, 5) is 25.6. The summed E-state index contributed by atoms with van der Waals surface area (Å²) in [6.45, 7) is 4.47. The molecule has 1 amide bonds. The van der Waals surface area contributed by atoms with E-state index in [9.17, 15) is 9.59 Å². The van der Waals surface area contributed by atoms with Crippen LogP contribution in [0.5, 0.6) is 0 Å². The standard InChI is InChI=1S/C22H27N5O2/c1-14-19(15(2)26(3)24-14)13-23-21(28)16-9-11-18-20(12-10-16)25-27(22(18)29)17-7-5-4-6-8-17/h4-8,16,25H,9-13H2,1-3H3,(H,23,28). The molecule has 7 nitrogen and oxygen atoms in total. The number of rotatable bonds is 4. The van der Waals surface area contributed by atoms with E-state index in [1.165, 1.54) is 0 Å². The number of nitrogens with one attached hydrogen (secondary N) is 2. The van der Waals surface area contributed by atoms with Crippen LogP contribution < -0.4 is 10.9 Å². The van der Waals surface area contributed by atoms with Crippen LogP contribution in [0.25, 0.3) is 5.69 Å². The maximum absolute atomic E-state index is 12.9. The molecule has 2 heterocycles. The Kier molecular flexibility index (Phi) is 5.13. The lowest BCUT2D eigenvalue weighted by Crippen LogP contribution is -2.31. The molecule has 2 aromatic heterocycles. The second-order valence-corrected chi connectivity index (χ2v) is 7.81. The lowest BCUT2D eigenvalue weighted by molar-refractivity contribution is -0.125. The van der Waals surface area contributed by atoms with Crippen molar-refractivity contribution >= 4 is 5.91 Å². The second-order valence-electron chi connectivity index (χ2n) is 7.81. The Balaban J connectivity index is 1.43. The van der Waals surface area contributed by atoms with E-state index in [4.69, 9.17) is 0 Å². The highest BCUT2D eigenvalue weighted by Crippen LogP contribution is 2.23. The molecule has 0 fully saturated rings. The molecule has 0 saturated carbocycles. The fourth-order valence-corrected chi connectivity index (χ4v) is 4.18. The van der Waals surface area contributed by atoms with Crippen LogP contribution in [0.15, 0.2) is 35.1 Å². The predicted molar refractivity (Wildman–Crippen MR) is 111 cm³/mol. The number of fused-ring (bicyclic) bond motifs is 1. The Morgan fingerprint density at radius 3 is 2.62 bits per heavy atom. The SMILES string of the molecule is Cc1nn(C)c(C)c1CNC(=O)C1CCc2[nH]n(-c3ccccc3)c(=O)c2CC1. The summed E-state index contributed by atoms with van der Waals surface area (Å²) in [6.07, 6.45) is 2.74. The first-order valence-corrected chi connectivity index (χ1v) is 10.1. The Bertz CT molecular complexity index is 1090. The molecule has 0 bridgehead atoms. The van der Waals surface area contributed by atoms with E-state index in [1.54, 1.807) is 4.68 Å². The Morgan fingerprint density at radius 2 is 1.93 bits per heavy atom. The van der Waals surface area contributed by atoms with Gasteiger partial charge in [0.25, 0.3) is 5.56 Å². The molecule has 4 rings (SSSR count). The quantitative estimate of drug-likeness (QED) is 0.667. The summed E-state index contributed by atoms with van der Waals surface area (Å²) < 4.78 is 3.45. The van der Waals surface area contributed by atoms with Crippen LogP contribution in [-0.4, -0.2) is 25.5 Å². The molecule has 0 radical (unpaired) electrons. The summed E-state index contributed by atoms with van der Waals surface area (Å²) in [5.41, 5.74) is 5.68. The topological polar surface area (TPSA) is 84.7 Å². The zero-order valence-corrected chi connectivity index (χ0v) is 17.2. The van der Waals surface area contributed by atoms with E-state index in [0.29, 0.717) is 25.8 Å². The molecule has 152 valence electrons. The number of nitrogens with zero attached hydrogens (tertiary/aromatic N) is 3. The number of benzene rings is 1. The number of aryl methyl sites for hydroxylation is 3. The molecule has 0 saturated heterocycles. The highest BCUT2D eigenvalue weighted by molar-refractivity contribution is 5.78. The van der Waals surface area contributed by atoms with Gasteiger partial charge in [0.15, 0.2) is 0 Å². The molecule has 1 aliphatic rings. The van der Waals surface area contributed by atoms with Gasteiger partial charge in [-0.05, 0) is 51.7 Å². The zero-order valence-electron chi connectivity index (χ0n) is 17.2. The first kappa shape index (κ1) is 19.2. The number of H-pyrrole nitrogens is 1. The van der Waals surface area contributed by atoms with Crippen LogP contribution in [0.2, 0.25) is 0 Å². The molecule has 0 aliphatic heterocycles. The smallest absolute Gasteiger partial charge is 0.274 e. The van der Waals surface area contributed by atoms with Crippen molar-refractivity contribution in [3.8, 4) is 5.69 Å². The summed E-state index contributed by atoms with van der Waals surface area (Å²) >= 11 is 0. The number of aromatic nitrogens is 4. The summed E-state index contributed by atoms with van der Waals surface area (Å²) in [6, 6.07) is 9.59. The summed E-state index contributed by atoms with van der Waals surface area (Å²) in [7, 11) is 1.91. The second kappa shape index (κ2) is 7.73. The van der Waals surface area contributed by atoms with E-state index >= 15 is 0 Å². The van der Waals surface area contributed by atoms with Gasteiger partial charge in [0.1, 0.15) is 0 Å². The van der Waals surface area contributed by atoms with E-state index < -0.39 is 0 Å². The van der Waals surface area contributed by atoms with Crippen molar-refractivity contribution in [2.24, 2.45) is 13.0 Å². The largest absolute Gasteiger partial charge is 0.352 e. The monoisotopic (exact) mass is 393 g/mol. The number of carbonyl (C=O) groups is 1. The Labute approximate surface area is 169 Å². The molecule has 2 N–H and O–H groups in total. The maximum atomic E-state index is 12.9. The minimum Gasteiger partial charge on any atom is -0.352 e. The fraction of sp³-hybridized carbons (Fsp3) is 0.409. The van der Waals surface area contributed by atoms with Gasteiger partial charge < -0.3 is 5.32 Å². The van der Waals surface area contributed by atoms with Gasteiger partial charge in [-0.25, -0.2) is 4.68 Å². The maximum Gasteiger partial charge on any atom is 0.274 e. The van der Waals surface area contributed by atoms with Gasteiger partial charge >= 0.3 is 0 Å². The van der Waals surface area contributed by atoms with Gasteiger partial charge in [-0.2, -0.15) is 5.10 Å². The first-order chi connectivity index (χ1) is 14.0. The molecule has 1 atom stereocenters. The molecule has 7 heteroatoms. The zero-order chi connectivity index (χ0) is 20.5. The number of hydrogen-bond acceptors (Lipinski definition) is 3. The number of amides is 1. The lowest BCUT2D eigenvalue weighted by Gasteiger charge is -2.14. The van der Waals surface area contributed by atoms with Crippen LogP contribution in [0, 0.1) is 19.8 Å². The normalized spacial score (nSPS) is 16.3. The average molecular weight is 393 g/mol. The van der Waals surface area contributed by atoms with Gasteiger partial charge in [-0.1, -0.05) is 18.2 Å². The van der Waals surface area contributed by atoms with Crippen LogP contribution in [-0.2, 0) is 31.2 Å². The van der Waals surface area contributed by atoms with Crippen molar-refractivity contribution in [1.82, 2.24) is 24.9 Å². The van der Waals surface area contributed by atoms with Crippen molar-refractivity contribution in [2.75, 3.05) is 0 Å². The van der Waals surface area contributed by atoms with Gasteiger partial charge in [0.2, 0.25) is 5.91 Å². The highest BCUT2D eigenvalue weighted by Gasteiger charge is 2.26. The highest BCUT2D eigenvalue weighted by atomic mass is 16.2. The van der Waals surface area contributed by atoms with Crippen molar-refractivity contribution in [3.63, 3.8) is 0 Å². The molecule has 3 aromatic rings. The van der Waals surface area contributed by atoms with Gasteiger partial charge in [0.05, 0.1) is 11.4 Å². The van der Waals surface area contributed by atoms with Crippen LogP contribution >= 0.6 is 0 Å². The predicted octanol–water partition coefficient (Wildman–Crippen LogP) is 2.33. The van der Waals surface area contributed by atoms with Gasteiger partial charge in [-0.15, -0.1) is 0 Å². The molecular formula is C22H27N5O2. The summed E-state index contributed by atoms with van der Waals surface area (Å²) in [5, 5.41) is 10.7. The minimum absolute atomic E-state index is 0.00568. The lowest BCUT2D eigenvalue weighted by atomic mass is 9.98. The third-order valence-corrected chi connectivity index (χ3v) is 6.04. The summed E-state index contributed by atoms with van der Waals surface area (Å²) in [5.74, 6) is -0.0288. The van der Waals surface area contributed by atoms with Gasteiger partial charge in [-0.3, -0.25) is 19.4 Å². The Morgan fingerprint density at radius 1 is 1.21 bits per heavy atom. The van der Waals surface area contributed by atoms with Gasteiger partial charge in [0, 0.05) is 42.0 Å². The molecule has 1 unspecified atom stereocenters. The number of para-hydroxylation sites is 1. The number of aromatic amines is 1. The van der Waals surface area contributed by atoms with Crippen LogP contribution in [0.1, 0.15) is 41.1 Å². The van der Waals surface area contributed by atoms with E-state index in [1.807, 2.05) is 55.9 Å². The van der Waals surface area contributed by atoms with Crippen LogP contribution in [0.3, 0.4) is 0 Å². The average Bonchev–Trinajstić information content (AvgIpc) is 3.05. The first-order valence-electron chi connectivity index (χ1n) is 10.1. The van der Waals surface area contributed by atoms with E-state index in [-0.39, 0.29) is 17.4 Å². The van der Waals surface area contributed by atoms with Crippen LogP contribution in [0.4, 0.5) is 0 Å². The number of carbonyl (C=O) groups excluding carboxylic acids is 1.